The smallest absolute Gasteiger partial charge is 0.141 e. The summed E-state index contributed by atoms with van der Waals surface area (Å²) in [7, 11) is 0. The van der Waals surface area contributed by atoms with Crippen molar-refractivity contribution in [3.8, 4) is 5.75 Å². The molecule has 0 amide bonds. The zero-order valence-electron chi connectivity index (χ0n) is 11.2. The Labute approximate surface area is 130 Å². The van der Waals surface area contributed by atoms with Gasteiger partial charge in [-0.2, -0.15) is 0 Å². The Morgan fingerprint density at radius 1 is 1.14 bits per heavy atom. The third kappa shape index (κ3) is 3.00. The molecule has 0 N–H and O–H groups in total. The van der Waals surface area contributed by atoms with Gasteiger partial charge in [-0.1, -0.05) is 52.3 Å². The number of aldehydes is 1. The van der Waals surface area contributed by atoms with Crippen molar-refractivity contribution in [1.82, 2.24) is 0 Å². The maximum atomic E-state index is 10.8. The summed E-state index contributed by atoms with van der Waals surface area (Å²) in [5.74, 6) is 1.33. The molecule has 21 heavy (non-hydrogen) atoms. The second-order valence-electron chi connectivity index (χ2n) is 4.63. The molecule has 106 valence electrons. The van der Waals surface area contributed by atoms with Gasteiger partial charge in [-0.15, -0.1) is 0 Å². The van der Waals surface area contributed by atoms with E-state index in [4.69, 9.17) is 9.15 Å². The number of rotatable bonds is 5. The Kier molecular flexibility index (Phi) is 4.06. The standard InChI is InChI=1S/C17H13BrO3/c18-14(10-19)17-9-13-15(7-4-8-16(13)21-17)20-11-12-5-2-1-3-6-12/h1-10,14H,11H2. The summed E-state index contributed by atoms with van der Waals surface area (Å²) in [4.78, 5) is 10.4. The molecular weight excluding hydrogens is 332 g/mol. The summed E-state index contributed by atoms with van der Waals surface area (Å²) < 4.78 is 11.5. The first-order chi connectivity index (χ1) is 10.3. The van der Waals surface area contributed by atoms with Gasteiger partial charge >= 0.3 is 0 Å². The Bertz CT molecular complexity index is 749. The number of halogens is 1. The molecule has 0 saturated heterocycles. The van der Waals surface area contributed by atoms with Crippen LogP contribution < -0.4 is 4.74 Å². The maximum Gasteiger partial charge on any atom is 0.141 e. The van der Waals surface area contributed by atoms with E-state index in [2.05, 4.69) is 15.9 Å². The molecule has 0 fully saturated rings. The van der Waals surface area contributed by atoms with Gasteiger partial charge in [0.25, 0.3) is 0 Å². The number of hydrogen-bond acceptors (Lipinski definition) is 3. The zero-order chi connectivity index (χ0) is 14.7. The van der Waals surface area contributed by atoms with E-state index in [0.717, 1.165) is 23.0 Å². The average molecular weight is 345 g/mol. The predicted molar refractivity (Wildman–Crippen MR) is 84.7 cm³/mol. The molecule has 0 aliphatic heterocycles. The summed E-state index contributed by atoms with van der Waals surface area (Å²) >= 11 is 3.26. The maximum absolute atomic E-state index is 10.8. The van der Waals surface area contributed by atoms with Crippen LogP contribution in [0, 0.1) is 0 Å². The van der Waals surface area contributed by atoms with Crippen LogP contribution in [-0.2, 0) is 11.4 Å². The molecule has 0 bridgehead atoms. The number of benzene rings is 2. The zero-order valence-corrected chi connectivity index (χ0v) is 12.7. The minimum atomic E-state index is -0.438. The fraction of sp³-hybridized carbons (Fsp3) is 0.118. The normalized spacial score (nSPS) is 12.2. The van der Waals surface area contributed by atoms with Crippen LogP contribution in [0.3, 0.4) is 0 Å². The van der Waals surface area contributed by atoms with E-state index in [0.29, 0.717) is 18.0 Å². The van der Waals surface area contributed by atoms with Crippen LogP contribution in [0.2, 0.25) is 0 Å². The van der Waals surface area contributed by atoms with Crippen molar-refractivity contribution in [2.75, 3.05) is 0 Å². The van der Waals surface area contributed by atoms with Gasteiger partial charge in [0.1, 0.15) is 34.8 Å². The lowest BCUT2D eigenvalue weighted by Gasteiger charge is -2.06. The van der Waals surface area contributed by atoms with Crippen molar-refractivity contribution in [1.29, 1.82) is 0 Å². The molecule has 0 spiro atoms. The number of carbonyl (C=O) groups excluding carboxylic acids is 1. The predicted octanol–water partition coefficient (Wildman–Crippen LogP) is 4.65. The molecule has 0 radical (unpaired) electrons. The van der Waals surface area contributed by atoms with Crippen LogP contribution >= 0.6 is 15.9 Å². The fourth-order valence-electron chi connectivity index (χ4n) is 2.12. The highest BCUT2D eigenvalue weighted by Gasteiger charge is 2.14. The van der Waals surface area contributed by atoms with Crippen molar-refractivity contribution in [3.63, 3.8) is 0 Å². The summed E-state index contributed by atoms with van der Waals surface area (Å²) in [6.45, 7) is 0.492. The van der Waals surface area contributed by atoms with Gasteiger partial charge in [0.15, 0.2) is 0 Å². The Hall–Kier alpha value is -2.07. The molecule has 3 aromatic rings. The summed E-state index contributed by atoms with van der Waals surface area (Å²) in [5, 5.41) is 0.870. The van der Waals surface area contributed by atoms with E-state index in [1.165, 1.54) is 0 Å². The van der Waals surface area contributed by atoms with Gasteiger partial charge in [-0.05, 0) is 23.8 Å². The Morgan fingerprint density at radius 2 is 1.95 bits per heavy atom. The second-order valence-corrected chi connectivity index (χ2v) is 5.62. The highest BCUT2D eigenvalue weighted by molar-refractivity contribution is 9.09. The van der Waals surface area contributed by atoms with Gasteiger partial charge in [-0.25, -0.2) is 0 Å². The van der Waals surface area contributed by atoms with Gasteiger partial charge in [0.2, 0.25) is 0 Å². The lowest BCUT2D eigenvalue weighted by molar-refractivity contribution is -0.107. The monoisotopic (exact) mass is 344 g/mol. The fourth-order valence-corrected chi connectivity index (χ4v) is 2.34. The van der Waals surface area contributed by atoms with E-state index in [1.54, 1.807) is 0 Å². The molecule has 1 aromatic heterocycles. The summed E-state index contributed by atoms with van der Waals surface area (Å²) in [6, 6.07) is 17.4. The van der Waals surface area contributed by atoms with Gasteiger partial charge in [0.05, 0.1) is 5.39 Å². The van der Waals surface area contributed by atoms with Crippen LogP contribution in [0.4, 0.5) is 0 Å². The topological polar surface area (TPSA) is 39.4 Å². The van der Waals surface area contributed by atoms with Gasteiger partial charge in [0, 0.05) is 0 Å². The van der Waals surface area contributed by atoms with Crippen LogP contribution in [0.5, 0.6) is 5.75 Å². The van der Waals surface area contributed by atoms with Crippen molar-refractivity contribution in [3.05, 3.63) is 65.9 Å². The van der Waals surface area contributed by atoms with Crippen LogP contribution in [0.1, 0.15) is 16.2 Å². The summed E-state index contributed by atoms with van der Waals surface area (Å²) in [6.07, 6.45) is 0.794. The van der Waals surface area contributed by atoms with Gasteiger partial charge < -0.3 is 13.9 Å². The minimum absolute atomic E-state index is 0.438. The first-order valence-corrected chi connectivity index (χ1v) is 7.48. The third-order valence-electron chi connectivity index (χ3n) is 3.17. The van der Waals surface area contributed by atoms with Crippen LogP contribution in [0.15, 0.2) is 59.0 Å². The highest BCUT2D eigenvalue weighted by Crippen LogP contribution is 2.33. The van der Waals surface area contributed by atoms with E-state index in [9.17, 15) is 4.79 Å². The van der Waals surface area contributed by atoms with E-state index in [-0.39, 0.29) is 0 Å². The van der Waals surface area contributed by atoms with Crippen molar-refractivity contribution >= 4 is 33.2 Å². The molecule has 1 unspecified atom stereocenters. The summed E-state index contributed by atoms with van der Waals surface area (Å²) in [5.41, 5.74) is 1.81. The molecule has 0 saturated carbocycles. The molecular formula is C17H13BrO3. The number of carbonyl (C=O) groups is 1. The molecule has 1 atom stereocenters. The molecule has 3 rings (SSSR count). The largest absolute Gasteiger partial charge is 0.488 e. The Morgan fingerprint density at radius 3 is 2.71 bits per heavy atom. The number of fused-ring (bicyclic) bond motifs is 1. The number of hydrogen-bond donors (Lipinski definition) is 0. The van der Waals surface area contributed by atoms with Gasteiger partial charge in [-0.3, -0.25) is 0 Å². The van der Waals surface area contributed by atoms with Crippen molar-refractivity contribution in [2.45, 2.75) is 11.4 Å². The van der Waals surface area contributed by atoms with Crippen molar-refractivity contribution < 1.29 is 13.9 Å². The molecule has 1 heterocycles. The van der Waals surface area contributed by atoms with E-state index in [1.807, 2.05) is 54.6 Å². The number of ether oxygens (including phenoxy) is 1. The first kappa shape index (κ1) is 13.9. The molecule has 2 aromatic carbocycles. The van der Waals surface area contributed by atoms with Crippen LogP contribution in [-0.4, -0.2) is 6.29 Å². The molecule has 0 aliphatic rings. The highest BCUT2D eigenvalue weighted by atomic mass is 79.9. The quantitative estimate of drug-likeness (QED) is 0.499. The lowest BCUT2D eigenvalue weighted by atomic mass is 10.2. The number of alkyl halides is 1. The Balaban J connectivity index is 1.88. The molecule has 0 aliphatic carbocycles. The van der Waals surface area contributed by atoms with Crippen LogP contribution in [0.25, 0.3) is 11.0 Å². The van der Waals surface area contributed by atoms with Crippen molar-refractivity contribution in [2.24, 2.45) is 0 Å². The van der Waals surface area contributed by atoms with E-state index >= 15 is 0 Å². The SMILES string of the molecule is O=CC(Br)c1cc2c(OCc3ccccc3)cccc2o1. The van der Waals surface area contributed by atoms with E-state index < -0.39 is 4.83 Å². The lowest BCUT2D eigenvalue weighted by Crippen LogP contribution is -1.94. The second kappa shape index (κ2) is 6.14. The minimum Gasteiger partial charge on any atom is -0.488 e. The first-order valence-electron chi connectivity index (χ1n) is 6.56. The molecule has 3 nitrogen and oxygen atoms in total. The number of furan rings is 1. The third-order valence-corrected chi connectivity index (χ3v) is 3.84. The molecule has 4 heteroatoms. The average Bonchev–Trinajstić information content (AvgIpc) is 2.97.